The van der Waals surface area contributed by atoms with Gasteiger partial charge >= 0.3 is 5.97 Å². The number of ether oxygens (including phenoxy) is 2. The van der Waals surface area contributed by atoms with Gasteiger partial charge < -0.3 is 14.6 Å². The van der Waals surface area contributed by atoms with Gasteiger partial charge in [-0.1, -0.05) is 18.5 Å². The normalized spacial score (nSPS) is 13.2. The van der Waals surface area contributed by atoms with Crippen molar-refractivity contribution < 1.29 is 19.4 Å². The van der Waals surface area contributed by atoms with E-state index in [1.54, 1.807) is 25.3 Å². The topological polar surface area (TPSA) is 68.7 Å². The highest BCUT2D eigenvalue weighted by molar-refractivity contribution is 6.30. The molecule has 112 valence electrons. The molecule has 1 unspecified atom stereocenters. The van der Waals surface area contributed by atoms with Crippen molar-refractivity contribution in [3.05, 3.63) is 29.0 Å². The second-order valence-electron chi connectivity index (χ2n) is 4.65. The van der Waals surface area contributed by atoms with E-state index in [1.165, 1.54) is 14.2 Å². The maximum atomic E-state index is 10.8. The maximum absolute atomic E-state index is 10.8. The summed E-state index contributed by atoms with van der Waals surface area (Å²) in [7, 11) is 3.07. The summed E-state index contributed by atoms with van der Waals surface area (Å²) in [5, 5.41) is 9.44. The maximum Gasteiger partial charge on any atom is 0.306 e. The fourth-order valence-corrected chi connectivity index (χ4v) is 2.16. The highest BCUT2D eigenvalue weighted by Gasteiger charge is 2.33. The third-order valence-corrected chi connectivity index (χ3v) is 3.57. The molecule has 5 nitrogen and oxygen atoms in total. The van der Waals surface area contributed by atoms with Crippen LogP contribution in [0.5, 0.6) is 0 Å². The summed E-state index contributed by atoms with van der Waals surface area (Å²) < 4.78 is 11.0. The van der Waals surface area contributed by atoms with Gasteiger partial charge in [0.1, 0.15) is 5.69 Å². The van der Waals surface area contributed by atoms with Gasteiger partial charge in [-0.05, 0) is 25.0 Å². The fraction of sp³-hybridized carbons (Fsp3) is 0.571. The molecule has 0 aliphatic carbocycles. The summed E-state index contributed by atoms with van der Waals surface area (Å²) in [4.78, 5) is 15.1. The number of methoxy groups -OCH3 is 2. The number of carbonyl (C=O) groups is 1. The Hall–Kier alpha value is -1.17. The van der Waals surface area contributed by atoms with Crippen LogP contribution in [0.3, 0.4) is 0 Å². The molecule has 1 aromatic heterocycles. The van der Waals surface area contributed by atoms with Crippen LogP contribution < -0.4 is 0 Å². The highest BCUT2D eigenvalue weighted by atomic mass is 35.5. The first kappa shape index (κ1) is 16.9. The van der Waals surface area contributed by atoms with E-state index < -0.39 is 17.7 Å². The second kappa shape index (κ2) is 7.57. The molecule has 0 saturated heterocycles. The van der Waals surface area contributed by atoms with Crippen LogP contribution in [0, 0.1) is 5.92 Å². The molecule has 0 radical (unpaired) electrons. The van der Waals surface area contributed by atoms with Crippen LogP contribution in [-0.4, -0.2) is 30.3 Å². The first-order chi connectivity index (χ1) is 9.45. The van der Waals surface area contributed by atoms with Crippen LogP contribution in [0.1, 0.15) is 31.9 Å². The predicted octanol–water partition coefficient (Wildman–Crippen LogP) is 3.07. The smallest absolute Gasteiger partial charge is 0.306 e. The molecule has 6 heteroatoms. The zero-order valence-corrected chi connectivity index (χ0v) is 12.7. The second-order valence-corrected chi connectivity index (χ2v) is 5.09. The summed E-state index contributed by atoms with van der Waals surface area (Å²) in [6, 6.07) is 3.36. The molecular formula is C14H20ClNO4. The van der Waals surface area contributed by atoms with E-state index in [0.717, 1.165) is 0 Å². The van der Waals surface area contributed by atoms with E-state index >= 15 is 0 Å². The number of rotatable bonds is 8. The van der Waals surface area contributed by atoms with Gasteiger partial charge in [0, 0.05) is 31.9 Å². The number of carboxylic acids is 1. The molecule has 0 aromatic carbocycles. The Balaban J connectivity index is 2.79. The molecule has 20 heavy (non-hydrogen) atoms. The average molecular weight is 302 g/mol. The van der Waals surface area contributed by atoms with E-state index in [1.807, 2.05) is 0 Å². The molecule has 1 aromatic rings. The fourth-order valence-electron chi connectivity index (χ4n) is 2.00. The number of aromatic nitrogens is 1. The van der Waals surface area contributed by atoms with Crippen molar-refractivity contribution in [2.24, 2.45) is 5.92 Å². The van der Waals surface area contributed by atoms with Crippen molar-refractivity contribution in [3.63, 3.8) is 0 Å². The molecule has 1 N–H and O–H groups in total. The molecule has 0 fully saturated rings. The minimum Gasteiger partial charge on any atom is -0.481 e. The number of hydrogen-bond donors (Lipinski definition) is 1. The minimum absolute atomic E-state index is 0.395. The molecule has 1 heterocycles. The largest absolute Gasteiger partial charge is 0.481 e. The lowest BCUT2D eigenvalue weighted by atomic mass is 9.99. The van der Waals surface area contributed by atoms with Crippen LogP contribution in [0.2, 0.25) is 5.02 Å². The summed E-state index contributed by atoms with van der Waals surface area (Å²) in [5.41, 5.74) is 0.581. The molecule has 0 amide bonds. The van der Waals surface area contributed by atoms with Crippen molar-refractivity contribution in [2.45, 2.75) is 32.0 Å². The lowest BCUT2D eigenvalue weighted by Gasteiger charge is -2.30. The van der Waals surface area contributed by atoms with Gasteiger partial charge in [0.05, 0.1) is 5.92 Å². The number of nitrogens with zero attached hydrogens (tertiary/aromatic N) is 1. The molecule has 0 bridgehead atoms. The minimum atomic E-state index is -0.997. The van der Waals surface area contributed by atoms with Gasteiger partial charge in [-0.3, -0.25) is 9.78 Å². The number of halogens is 1. The quantitative estimate of drug-likeness (QED) is 0.747. The number of hydrogen-bond acceptors (Lipinski definition) is 4. The average Bonchev–Trinajstić information content (AvgIpc) is 2.43. The van der Waals surface area contributed by atoms with Crippen molar-refractivity contribution >= 4 is 17.6 Å². The molecule has 1 rings (SSSR count). The number of aliphatic carboxylic acids is 1. The van der Waals surface area contributed by atoms with E-state index in [0.29, 0.717) is 30.0 Å². The van der Waals surface area contributed by atoms with Crippen LogP contribution in [0.4, 0.5) is 0 Å². The molecule has 1 atom stereocenters. The van der Waals surface area contributed by atoms with Crippen molar-refractivity contribution in [1.29, 1.82) is 0 Å². The Morgan fingerprint density at radius 3 is 2.65 bits per heavy atom. The Morgan fingerprint density at radius 1 is 1.50 bits per heavy atom. The third kappa shape index (κ3) is 4.16. The Morgan fingerprint density at radius 2 is 2.15 bits per heavy atom. The van der Waals surface area contributed by atoms with E-state index in [-0.39, 0.29) is 0 Å². The molecule has 0 saturated carbocycles. The number of carboxylic acid groups (broad SMARTS) is 1. The predicted molar refractivity (Wildman–Crippen MR) is 75.6 cm³/mol. The molecule has 0 spiro atoms. The zero-order valence-electron chi connectivity index (χ0n) is 11.9. The van der Waals surface area contributed by atoms with Gasteiger partial charge in [0.25, 0.3) is 0 Å². The summed E-state index contributed by atoms with van der Waals surface area (Å²) in [5.74, 6) is -2.19. The molecular weight excluding hydrogens is 282 g/mol. The van der Waals surface area contributed by atoms with Gasteiger partial charge in [-0.25, -0.2) is 0 Å². The van der Waals surface area contributed by atoms with Crippen LogP contribution in [0.15, 0.2) is 18.3 Å². The summed E-state index contributed by atoms with van der Waals surface area (Å²) in [6.45, 7) is 1.68. The first-order valence-electron chi connectivity index (χ1n) is 6.40. The zero-order chi connectivity index (χ0) is 15.2. The van der Waals surface area contributed by atoms with Crippen molar-refractivity contribution in [1.82, 2.24) is 4.98 Å². The standard InChI is InChI=1S/C14H20ClNO4/c1-10(13(17)18)5-4-7-14(19-2,20-3)12-9-11(15)6-8-16-12/h6,8-10H,4-5,7H2,1-3H3,(H,17,18). The lowest BCUT2D eigenvalue weighted by molar-refractivity contribution is -0.223. The highest BCUT2D eigenvalue weighted by Crippen LogP contribution is 2.32. The Kier molecular flexibility index (Phi) is 6.39. The summed E-state index contributed by atoms with van der Waals surface area (Å²) >= 11 is 5.96. The van der Waals surface area contributed by atoms with Gasteiger partial charge in [0.15, 0.2) is 0 Å². The van der Waals surface area contributed by atoms with Crippen molar-refractivity contribution in [2.75, 3.05) is 14.2 Å². The van der Waals surface area contributed by atoms with E-state index in [9.17, 15) is 4.79 Å². The SMILES string of the molecule is COC(CCCC(C)C(=O)O)(OC)c1cc(Cl)ccn1. The molecule has 0 aliphatic heterocycles. The monoisotopic (exact) mass is 301 g/mol. The van der Waals surface area contributed by atoms with E-state index in [4.69, 9.17) is 26.2 Å². The molecule has 0 aliphatic rings. The number of pyridine rings is 1. The third-order valence-electron chi connectivity index (χ3n) is 3.34. The van der Waals surface area contributed by atoms with Gasteiger partial charge in [0.2, 0.25) is 5.79 Å². The van der Waals surface area contributed by atoms with Crippen molar-refractivity contribution in [3.8, 4) is 0 Å². The Labute approximate surface area is 123 Å². The van der Waals surface area contributed by atoms with Gasteiger partial charge in [-0.15, -0.1) is 0 Å². The van der Waals surface area contributed by atoms with Crippen LogP contribution >= 0.6 is 11.6 Å². The summed E-state index contributed by atoms with van der Waals surface area (Å²) in [6.07, 6.45) is 3.28. The van der Waals surface area contributed by atoms with Gasteiger partial charge in [-0.2, -0.15) is 0 Å². The Bertz CT molecular complexity index is 449. The van der Waals surface area contributed by atoms with Crippen LogP contribution in [0.25, 0.3) is 0 Å². The first-order valence-corrected chi connectivity index (χ1v) is 6.78. The van der Waals surface area contributed by atoms with Crippen LogP contribution in [-0.2, 0) is 20.1 Å². The lowest BCUT2D eigenvalue weighted by Crippen LogP contribution is -2.32. The van der Waals surface area contributed by atoms with E-state index in [2.05, 4.69) is 4.98 Å².